The Bertz CT molecular complexity index is 1190. The van der Waals surface area contributed by atoms with Gasteiger partial charge in [0, 0.05) is 31.6 Å². The summed E-state index contributed by atoms with van der Waals surface area (Å²) in [4.78, 5) is 26.7. The number of rotatable bonds is 6. The number of ether oxygens (including phenoxy) is 1. The molecule has 1 atom stereocenters. The van der Waals surface area contributed by atoms with Gasteiger partial charge in [-0.1, -0.05) is 60.7 Å². The van der Waals surface area contributed by atoms with E-state index in [4.69, 9.17) is 4.74 Å². The average Bonchev–Trinajstić information content (AvgIpc) is 3.16. The molecule has 3 aromatic rings. The van der Waals surface area contributed by atoms with Crippen LogP contribution in [0.4, 0.5) is 10.5 Å². The Morgan fingerprint density at radius 3 is 2.41 bits per heavy atom. The third kappa shape index (κ3) is 4.23. The van der Waals surface area contributed by atoms with Crippen LogP contribution in [-0.2, 0) is 22.4 Å². The molecule has 1 aliphatic heterocycles. The highest BCUT2D eigenvalue weighted by Gasteiger charge is 2.30. The Kier molecular flexibility index (Phi) is 5.97. The van der Waals surface area contributed by atoms with Crippen molar-refractivity contribution in [1.29, 1.82) is 0 Å². The summed E-state index contributed by atoms with van der Waals surface area (Å²) in [6.45, 7) is 1.17. The molecular formula is C28H28N2O4. The van der Waals surface area contributed by atoms with Crippen molar-refractivity contribution in [2.75, 3.05) is 25.1 Å². The van der Waals surface area contributed by atoms with Gasteiger partial charge in [0.05, 0.1) is 0 Å². The Balaban J connectivity index is 1.25. The number of carbonyl (C=O) groups is 2. The maximum absolute atomic E-state index is 12.6. The van der Waals surface area contributed by atoms with E-state index in [2.05, 4.69) is 47.6 Å². The summed E-state index contributed by atoms with van der Waals surface area (Å²) in [6, 6.07) is 21.2. The predicted octanol–water partition coefficient (Wildman–Crippen LogP) is 4.60. The smallest absolute Gasteiger partial charge is 0.407 e. The maximum atomic E-state index is 12.6. The van der Waals surface area contributed by atoms with Gasteiger partial charge in [-0.05, 0) is 52.3 Å². The molecule has 6 nitrogen and oxygen atoms in total. The molecule has 6 heteroatoms. The zero-order valence-electron chi connectivity index (χ0n) is 19.2. The monoisotopic (exact) mass is 456 g/mol. The number of aliphatic carboxylic acids is 1. The summed E-state index contributed by atoms with van der Waals surface area (Å²) in [7, 11) is 2.07. The van der Waals surface area contributed by atoms with Crippen molar-refractivity contribution in [3.63, 3.8) is 0 Å². The van der Waals surface area contributed by atoms with E-state index in [0.29, 0.717) is 0 Å². The van der Waals surface area contributed by atoms with Gasteiger partial charge in [0.1, 0.15) is 12.6 Å². The summed E-state index contributed by atoms with van der Waals surface area (Å²) in [5.41, 5.74) is 7.82. The fourth-order valence-corrected chi connectivity index (χ4v) is 5.18. The summed E-state index contributed by atoms with van der Waals surface area (Å²) in [5, 5.41) is 12.3. The van der Waals surface area contributed by atoms with Crippen LogP contribution in [0.25, 0.3) is 11.1 Å². The number of carboxylic acids is 1. The van der Waals surface area contributed by atoms with E-state index in [9.17, 15) is 14.7 Å². The van der Waals surface area contributed by atoms with Crippen molar-refractivity contribution in [2.45, 2.75) is 31.2 Å². The third-order valence-electron chi connectivity index (χ3n) is 6.87. The molecule has 0 bridgehead atoms. The molecule has 0 aromatic heterocycles. The summed E-state index contributed by atoms with van der Waals surface area (Å²) in [6.07, 6.45) is 1.54. The summed E-state index contributed by atoms with van der Waals surface area (Å²) < 4.78 is 5.54. The molecule has 0 radical (unpaired) electrons. The summed E-state index contributed by atoms with van der Waals surface area (Å²) in [5.74, 6) is -1.15. The van der Waals surface area contributed by atoms with E-state index < -0.39 is 18.1 Å². The maximum Gasteiger partial charge on any atom is 0.407 e. The van der Waals surface area contributed by atoms with Crippen molar-refractivity contribution in [3.8, 4) is 11.1 Å². The molecule has 0 saturated carbocycles. The lowest BCUT2D eigenvalue weighted by Crippen LogP contribution is -2.43. The van der Waals surface area contributed by atoms with Crippen molar-refractivity contribution in [1.82, 2.24) is 5.32 Å². The number of nitrogens with one attached hydrogen (secondary N) is 1. The topological polar surface area (TPSA) is 78.9 Å². The molecule has 3 aromatic carbocycles. The minimum absolute atomic E-state index is 0.0703. The Hall–Kier alpha value is -3.80. The van der Waals surface area contributed by atoms with Crippen LogP contribution in [0.15, 0.2) is 66.7 Å². The van der Waals surface area contributed by atoms with Crippen molar-refractivity contribution in [2.24, 2.45) is 0 Å². The van der Waals surface area contributed by atoms with E-state index in [1.807, 2.05) is 36.4 Å². The van der Waals surface area contributed by atoms with E-state index in [0.717, 1.165) is 47.2 Å². The normalized spacial score (nSPS) is 15.1. The van der Waals surface area contributed by atoms with Gasteiger partial charge in [0.25, 0.3) is 0 Å². The summed E-state index contributed by atoms with van der Waals surface area (Å²) >= 11 is 0. The van der Waals surface area contributed by atoms with Crippen LogP contribution >= 0.6 is 0 Å². The van der Waals surface area contributed by atoms with Gasteiger partial charge in [-0.3, -0.25) is 0 Å². The molecule has 0 saturated heterocycles. The van der Waals surface area contributed by atoms with Gasteiger partial charge >= 0.3 is 12.1 Å². The average molecular weight is 457 g/mol. The lowest BCUT2D eigenvalue weighted by atomic mass is 9.97. The number of amides is 1. The number of benzene rings is 3. The van der Waals surface area contributed by atoms with Gasteiger partial charge in [-0.2, -0.15) is 0 Å². The number of fused-ring (bicyclic) bond motifs is 4. The lowest BCUT2D eigenvalue weighted by Gasteiger charge is -2.28. The number of carbonyl (C=O) groups excluding carboxylic acids is 1. The highest BCUT2D eigenvalue weighted by Crippen LogP contribution is 2.44. The number of alkyl carbamates (subject to hydrolysis) is 1. The van der Waals surface area contributed by atoms with E-state index in [1.165, 1.54) is 11.3 Å². The number of aryl methyl sites for hydroxylation is 1. The minimum atomic E-state index is -1.08. The van der Waals surface area contributed by atoms with Crippen molar-refractivity contribution in [3.05, 3.63) is 89.0 Å². The van der Waals surface area contributed by atoms with Crippen molar-refractivity contribution >= 4 is 17.7 Å². The quantitative estimate of drug-likeness (QED) is 0.567. The first-order valence-electron chi connectivity index (χ1n) is 11.7. The number of anilines is 1. The molecular weight excluding hydrogens is 428 g/mol. The molecule has 1 aliphatic carbocycles. The highest BCUT2D eigenvalue weighted by atomic mass is 16.5. The predicted molar refractivity (Wildman–Crippen MR) is 131 cm³/mol. The molecule has 1 unspecified atom stereocenters. The van der Waals surface area contributed by atoms with Crippen LogP contribution in [0.1, 0.15) is 34.6 Å². The van der Waals surface area contributed by atoms with Crippen LogP contribution in [-0.4, -0.2) is 43.4 Å². The molecule has 174 valence electrons. The SMILES string of the molecule is CN1CCCc2cc(CC(NC(=O)OCC3c4ccccc4-c4ccccc43)C(=O)O)ccc21. The van der Waals surface area contributed by atoms with E-state index >= 15 is 0 Å². The van der Waals surface area contributed by atoms with E-state index in [1.54, 1.807) is 0 Å². The second-order valence-electron chi connectivity index (χ2n) is 9.05. The lowest BCUT2D eigenvalue weighted by molar-refractivity contribution is -0.139. The molecule has 2 aliphatic rings. The fourth-order valence-electron chi connectivity index (χ4n) is 5.18. The molecule has 1 amide bonds. The van der Waals surface area contributed by atoms with Gasteiger partial charge in [-0.15, -0.1) is 0 Å². The largest absolute Gasteiger partial charge is 0.480 e. The number of carboxylic acid groups (broad SMARTS) is 1. The molecule has 0 spiro atoms. The van der Waals surface area contributed by atoms with Crippen LogP contribution in [0.2, 0.25) is 0 Å². The van der Waals surface area contributed by atoms with Crippen LogP contribution < -0.4 is 10.2 Å². The highest BCUT2D eigenvalue weighted by molar-refractivity contribution is 5.81. The minimum Gasteiger partial charge on any atom is -0.480 e. The van der Waals surface area contributed by atoms with Crippen LogP contribution in [0.5, 0.6) is 0 Å². The Labute approximate surface area is 199 Å². The Morgan fingerprint density at radius 2 is 1.74 bits per heavy atom. The number of nitrogens with zero attached hydrogens (tertiary/aromatic N) is 1. The van der Waals surface area contributed by atoms with Crippen LogP contribution in [0.3, 0.4) is 0 Å². The zero-order chi connectivity index (χ0) is 23.7. The standard InChI is InChI=1S/C28H28N2O4/c1-30-14-6-7-19-15-18(12-13-26(19)30)16-25(27(31)32)29-28(33)34-17-24-22-10-4-2-8-20(22)21-9-3-5-11-23(21)24/h2-5,8-13,15,24-25H,6-7,14,16-17H2,1H3,(H,29,33)(H,31,32). The van der Waals surface area contributed by atoms with Gasteiger partial charge in [0.15, 0.2) is 0 Å². The third-order valence-corrected chi connectivity index (χ3v) is 6.87. The second kappa shape index (κ2) is 9.21. The van der Waals surface area contributed by atoms with Crippen molar-refractivity contribution < 1.29 is 19.4 Å². The molecule has 1 heterocycles. The molecule has 0 fully saturated rings. The first-order chi connectivity index (χ1) is 16.5. The van der Waals surface area contributed by atoms with Gasteiger partial charge < -0.3 is 20.1 Å². The first-order valence-corrected chi connectivity index (χ1v) is 11.7. The fraction of sp³-hybridized carbons (Fsp3) is 0.286. The number of hydrogen-bond donors (Lipinski definition) is 2. The van der Waals surface area contributed by atoms with E-state index in [-0.39, 0.29) is 18.9 Å². The number of hydrogen-bond acceptors (Lipinski definition) is 4. The second-order valence-corrected chi connectivity index (χ2v) is 9.05. The molecule has 34 heavy (non-hydrogen) atoms. The van der Waals surface area contributed by atoms with Crippen LogP contribution in [0, 0.1) is 0 Å². The Morgan fingerprint density at radius 1 is 1.06 bits per heavy atom. The molecule has 5 rings (SSSR count). The van der Waals surface area contributed by atoms with Gasteiger partial charge in [-0.25, -0.2) is 9.59 Å². The molecule has 2 N–H and O–H groups in total. The first kappa shape index (κ1) is 22.0. The van der Waals surface area contributed by atoms with Gasteiger partial charge in [0.2, 0.25) is 0 Å². The zero-order valence-corrected chi connectivity index (χ0v) is 19.2.